The van der Waals surface area contributed by atoms with E-state index < -0.39 is 8.07 Å². The molecule has 1 heterocycles. The molecule has 4 atom stereocenters. The van der Waals surface area contributed by atoms with Crippen LogP contribution >= 0.6 is 0 Å². The number of piperidine rings is 1. The van der Waals surface area contributed by atoms with Crippen LogP contribution in [0.4, 0.5) is 0 Å². The third-order valence-electron chi connectivity index (χ3n) is 8.14. The van der Waals surface area contributed by atoms with E-state index in [0.29, 0.717) is 28.5 Å². The minimum absolute atomic E-state index is 0.0818. The molecule has 1 saturated heterocycles. The van der Waals surface area contributed by atoms with E-state index in [0.717, 1.165) is 25.8 Å². The zero-order valence-electron chi connectivity index (χ0n) is 20.7. The van der Waals surface area contributed by atoms with Crippen LogP contribution in [-0.4, -0.2) is 28.0 Å². The van der Waals surface area contributed by atoms with Crippen molar-refractivity contribution in [2.24, 2.45) is 11.8 Å². The molecule has 1 N–H and O–H groups in total. The predicted molar refractivity (Wildman–Crippen MR) is 133 cm³/mol. The Hall–Kier alpha value is -1.08. The molecule has 0 radical (unpaired) electrons. The normalized spacial score (nSPS) is 24.8. The second kappa shape index (κ2) is 10.5. The number of nitrogens with one attached hydrogen (secondary N) is 1. The smallest absolute Gasteiger partial charge is 0.110 e. The molecule has 1 aromatic rings. The molecule has 1 aliphatic heterocycles. The summed E-state index contributed by atoms with van der Waals surface area (Å²) in [5, 5.41) is 3.43. The number of rotatable bonds is 9. The lowest BCUT2D eigenvalue weighted by Crippen LogP contribution is -2.68. The van der Waals surface area contributed by atoms with Gasteiger partial charge in [0.15, 0.2) is 0 Å². The van der Waals surface area contributed by atoms with Gasteiger partial charge in [-0.05, 0) is 47.5 Å². The quantitative estimate of drug-likeness (QED) is 0.347. The van der Waals surface area contributed by atoms with Crippen LogP contribution < -0.4 is 5.32 Å². The minimum atomic E-state index is -2.07. The average molecular weight is 428 g/mol. The summed E-state index contributed by atoms with van der Waals surface area (Å²) in [6.07, 6.45) is 10.2. The van der Waals surface area contributed by atoms with Crippen molar-refractivity contribution in [3.63, 3.8) is 0 Å². The molecule has 0 aromatic heterocycles. The number of hydrogen-bond donors (Lipinski definition) is 1. The van der Waals surface area contributed by atoms with E-state index >= 15 is 0 Å². The highest BCUT2D eigenvalue weighted by atomic mass is 28.3. The first kappa shape index (κ1) is 25.2. The van der Waals surface area contributed by atoms with Crippen molar-refractivity contribution in [2.75, 3.05) is 13.7 Å². The zero-order chi connectivity index (χ0) is 22.5. The summed E-state index contributed by atoms with van der Waals surface area (Å²) in [5.74, 6) is 4.45. The zero-order valence-corrected chi connectivity index (χ0v) is 21.7. The number of methoxy groups -OCH3 is 1. The Morgan fingerprint density at radius 2 is 1.67 bits per heavy atom. The molecule has 0 bridgehead atoms. The minimum Gasteiger partial charge on any atom is -0.366 e. The van der Waals surface area contributed by atoms with Crippen LogP contribution in [0.15, 0.2) is 30.3 Å². The molecule has 168 valence electrons. The second-order valence-corrected chi connectivity index (χ2v) is 16.3. The summed E-state index contributed by atoms with van der Waals surface area (Å²) in [6, 6.07) is 11.1. The molecule has 2 rings (SSSR count). The van der Waals surface area contributed by atoms with Crippen molar-refractivity contribution in [3.8, 4) is 12.3 Å². The molecular formula is C27H45NOSi. The molecule has 0 amide bonds. The van der Waals surface area contributed by atoms with E-state index in [4.69, 9.17) is 11.2 Å². The maximum Gasteiger partial charge on any atom is 0.110 e. The van der Waals surface area contributed by atoms with E-state index in [1.165, 1.54) is 5.56 Å². The molecule has 0 aliphatic carbocycles. The first-order valence-electron chi connectivity index (χ1n) is 12.0. The fourth-order valence-corrected chi connectivity index (χ4v) is 16.3. The molecule has 2 nitrogen and oxygen atoms in total. The molecule has 1 aromatic carbocycles. The molecule has 0 spiro atoms. The lowest BCUT2D eigenvalue weighted by atomic mass is 9.71. The van der Waals surface area contributed by atoms with Crippen LogP contribution in [0.25, 0.3) is 0 Å². The summed E-state index contributed by atoms with van der Waals surface area (Å²) in [5.41, 5.74) is 3.14. The van der Waals surface area contributed by atoms with Gasteiger partial charge in [0.25, 0.3) is 0 Å². The van der Waals surface area contributed by atoms with E-state index in [1.54, 1.807) is 0 Å². The lowest BCUT2D eigenvalue weighted by molar-refractivity contribution is -0.0319. The molecule has 3 heteroatoms. The van der Waals surface area contributed by atoms with Gasteiger partial charge in [-0.25, -0.2) is 0 Å². The van der Waals surface area contributed by atoms with Gasteiger partial charge in [-0.1, -0.05) is 91.1 Å². The molecule has 4 unspecified atom stereocenters. The van der Waals surface area contributed by atoms with Crippen LogP contribution in [0, 0.1) is 24.2 Å². The Balaban J connectivity index is 2.91. The molecule has 30 heavy (non-hydrogen) atoms. The standard InChI is InChI=1S/C27H45NOSi/c1-10-15-24-25(18-19-28-26(24)29-9)27(11-2,23-16-13-12-14-17-23)30(20(3)4,21(5)6)22(7)8/h2,12-14,16-17,20-22,24-26,28H,10,15,18-19H2,1,3-9H3. The van der Waals surface area contributed by atoms with Crippen molar-refractivity contribution in [1.29, 1.82) is 0 Å². The summed E-state index contributed by atoms with van der Waals surface area (Å²) >= 11 is 0. The Morgan fingerprint density at radius 1 is 1.10 bits per heavy atom. The largest absolute Gasteiger partial charge is 0.366 e. The Morgan fingerprint density at radius 3 is 2.10 bits per heavy atom. The van der Waals surface area contributed by atoms with Gasteiger partial charge < -0.3 is 4.74 Å². The van der Waals surface area contributed by atoms with Gasteiger partial charge in [-0.3, -0.25) is 5.32 Å². The molecule has 1 fully saturated rings. The summed E-state index contributed by atoms with van der Waals surface area (Å²) < 4.78 is 5.99. The van der Waals surface area contributed by atoms with Crippen LogP contribution in [-0.2, 0) is 9.78 Å². The van der Waals surface area contributed by atoms with E-state index in [1.807, 2.05) is 7.11 Å². The van der Waals surface area contributed by atoms with Gasteiger partial charge in [-0.15, -0.1) is 6.42 Å². The first-order chi connectivity index (χ1) is 14.2. The highest BCUT2D eigenvalue weighted by Crippen LogP contribution is 2.59. The van der Waals surface area contributed by atoms with Gasteiger partial charge in [0.05, 0.1) is 13.1 Å². The lowest BCUT2D eigenvalue weighted by Gasteiger charge is -2.60. The molecular weight excluding hydrogens is 382 g/mol. The second-order valence-electron chi connectivity index (χ2n) is 10.2. The van der Waals surface area contributed by atoms with E-state index in [9.17, 15) is 0 Å². The van der Waals surface area contributed by atoms with Crippen LogP contribution in [0.2, 0.25) is 16.6 Å². The maximum absolute atomic E-state index is 6.74. The van der Waals surface area contributed by atoms with Crippen LogP contribution in [0.5, 0.6) is 0 Å². The number of benzene rings is 1. The third kappa shape index (κ3) is 3.92. The van der Waals surface area contributed by atoms with Crippen molar-refractivity contribution >= 4 is 8.07 Å². The average Bonchev–Trinajstić information content (AvgIpc) is 2.72. The number of terminal acetylenes is 1. The van der Waals surface area contributed by atoms with E-state index in [2.05, 4.69) is 90.0 Å². The van der Waals surface area contributed by atoms with Gasteiger partial charge >= 0.3 is 0 Å². The Labute approximate surface area is 187 Å². The fraction of sp³-hybridized carbons (Fsp3) is 0.704. The highest BCUT2D eigenvalue weighted by molar-refractivity contribution is 6.87. The molecule has 1 aliphatic rings. The predicted octanol–water partition coefficient (Wildman–Crippen LogP) is 6.77. The van der Waals surface area contributed by atoms with Crippen molar-refractivity contribution in [1.82, 2.24) is 5.32 Å². The summed E-state index contributed by atoms with van der Waals surface area (Å²) in [4.78, 5) is 0. The Bertz CT molecular complexity index is 671. The summed E-state index contributed by atoms with van der Waals surface area (Å²) in [7, 11) is -0.220. The highest BCUT2D eigenvalue weighted by Gasteiger charge is 2.63. The molecule has 0 saturated carbocycles. The first-order valence-corrected chi connectivity index (χ1v) is 14.3. The van der Waals surface area contributed by atoms with Crippen molar-refractivity contribution in [3.05, 3.63) is 35.9 Å². The third-order valence-corrected chi connectivity index (χ3v) is 16.0. The topological polar surface area (TPSA) is 21.3 Å². The number of hydrogen-bond acceptors (Lipinski definition) is 2. The number of ether oxygens (including phenoxy) is 1. The Kier molecular flexibility index (Phi) is 8.80. The van der Waals surface area contributed by atoms with Crippen molar-refractivity contribution in [2.45, 2.75) is 95.6 Å². The summed E-state index contributed by atoms with van der Waals surface area (Å²) in [6.45, 7) is 18.0. The monoisotopic (exact) mass is 427 g/mol. The van der Waals surface area contributed by atoms with Crippen LogP contribution in [0.1, 0.15) is 73.3 Å². The van der Waals surface area contributed by atoms with Gasteiger partial charge in [-0.2, -0.15) is 0 Å². The SMILES string of the molecule is C#CC(c1ccccc1)(C1CCNC(OC)C1CCC)[Si](C(C)C)(C(C)C)C(C)C. The van der Waals surface area contributed by atoms with Crippen LogP contribution in [0.3, 0.4) is 0 Å². The van der Waals surface area contributed by atoms with Gasteiger partial charge in [0.1, 0.15) is 6.23 Å². The van der Waals surface area contributed by atoms with Gasteiger partial charge in [0, 0.05) is 13.0 Å². The maximum atomic E-state index is 6.74. The van der Waals surface area contributed by atoms with Gasteiger partial charge in [0.2, 0.25) is 0 Å². The van der Waals surface area contributed by atoms with Crippen molar-refractivity contribution < 1.29 is 4.74 Å². The fourth-order valence-electron chi connectivity index (χ4n) is 7.61. The van der Waals surface area contributed by atoms with E-state index in [-0.39, 0.29) is 11.3 Å².